The fourth-order valence-corrected chi connectivity index (χ4v) is 4.26. The minimum Gasteiger partial charge on any atom is -0.277 e. The lowest BCUT2D eigenvalue weighted by atomic mass is 10.0. The smallest absolute Gasteiger partial charge is 0.266 e. The summed E-state index contributed by atoms with van der Waals surface area (Å²) in [6.07, 6.45) is 3.78. The van der Waals surface area contributed by atoms with Crippen LogP contribution in [0, 0.1) is 0 Å². The van der Waals surface area contributed by atoms with Crippen LogP contribution in [0.5, 0.6) is 0 Å². The number of nitrogens with one attached hydrogen (secondary N) is 1. The van der Waals surface area contributed by atoms with Crippen LogP contribution in [0.2, 0.25) is 0 Å². The lowest BCUT2D eigenvalue weighted by Gasteiger charge is -2.16. The number of carbonyl (C=O) groups is 2. The van der Waals surface area contributed by atoms with E-state index in [0.717, 1.165) is 32.9 Å². The normalized spacial score (nSPS) is 13.6. The van der Waals surface area contributed by atoms with Gasteiger partial charge in [0.2, 0.25) is 0 Å². The van der Waals surface area contributed by atoms with Crippen LogP contribution in [0.4, 0.5) is 5.69 Å². The van der Waals surface area contributed by atoms with Gasteiger partial charge in [-0.05, 0) is 46.7 Å². The van der Waals surface area contributed by atoms with Crippen molar-refractivity contribution < 1.29 is 9.59 Å². The highest BCUT2D eigenvalue weighted by atomic mass is 16.2. The van der Waals surface area contributed by atoms with Crippen LogP contribution < -0.4 is 4.90 Å². The van der Waals surface area contributed by atoms with E-state index in [4.69, 9.17) is 0 Å². The Kier molecular flexibility index (Phi) is 4.01. The van der Waals surface area contributed by atoms with Gasteiger partial charge in [-0.3, -0.25) is 14.7 Å². The van der Waals surface area contributed by atoms with E-state index in [1.165, 1.54) is 4.90 Å². The van der Waals surface area contributed by atoms with Crippen molar-refractivity contribution in [2.75, 3.05) is 4.90 Å². The van der Waals surface area contributed by atoms with Gasteiger partial charge in [0.05, 0.1) is 28.0 Å². The molecule has 1 aliphatic rings. The average molecular weight is 415 g/mol. The number of anilines is 1. The predicted molar refractivity (Wildman–Crippen MR) is 127 cm³/mol. The van der Waals surface area contributed by atoms with E-state index in [-0.39, 0.29) is 11.8 Å². The topological polar surface area (TPSA) is 66.1 Å². The number of aromatic nitrogens is 2. The highest BCUT2D eigenvalue weighted by Crippen LogP contribution is 2.34. The van der Waals surface area contributed by atoms with Crippen LogP contribution in [0.25, 0.3) is 33.8 Å². The maximum Gasteiger partial charge on any atom is 0.266 e. The summed E-state index contributed by atoms with van der Waals surface area (Å²) in [6.45, 7) is 0. The monoisotopic (exact) mass is 415 g/mol. The SMILES string of the molecule is O=C1c2cc3ccccc3cc2C(=O)N1c1ccccc1/C=C/c1n[nH]c2ccccc12. The zero-order valence-corrected chi connectivity index (χ0v) is 16.9. The Bertz CT molecular complexity index is 1520. The van der Waals surface area contributed by atoms with Crippen molar-refractivity contribution in [3.63, 3.8) is 0 Å². The fraction of sp³-hybridized carbons (Fsp3) is 0. The quantitative estimate of drug-likeness (QED) is 0.385. The number of rotatable bonds is 3. The molecule has 0 saturated carbocycles. The Labute approximate surface area is 183 Å². The van der Waals surface area contributed by atoms with Gasteiger partial charge in [0.1, 0.15) is 0 Å². The number of nitrogens with zero attached hydrogens (tertiary/aromatic N) is 2. The van der Waals surface area contributed by atoms with Crippen LogP contribution in [-0.2, 0) is 0 Å². The van der Waals surface area contributed by atoms with Crippen molar-refractivity contribution in [3.8, 4) is 0 Å². The Hall–Kier alpha value is -4.51. The molecule has 152 valence electrons. The number of imide groups is 1. The van der Waals surface area contributed by atoms with Crippen LogP contribution >= 0.6 is 0 Å². The molecule has 0 saturated heterocycles. The van der Waals surface area contributed by atoms with E-state index < -0.39 is 0 Å². The standard InChI is InChI=1S/C27H17N3O2/c31-26-21-15-18-8-1-2-9-19(18)16-22(21)27(32)30(26)25-12-6-3-7-17(25)13-14-24-20-10-4-5-11-23(20)28-29-24/h1-16H,(H,28,29)/b14-13+. The third kappa shape index (κ3) is 2.76. The maximum atomic E-state index is 13.3. The summed E-state index contributed by atoms with van der Waals surface area (Å²) >= 11 is 0. The maximum absolute atomic E-state index is 13.3. The first-order valence-corrected chi connectivity index (χ1v) is 10.3. The van der Waals surface area contributed by atoms with Crippen molar-refractivity contribution in [1.29, 1.82) is 0 Å². The Morgan fingerprint density at radius 2 is 1.34 bits per heavy atom. The van der Waals surface area contributed by atoms with Crippen LogP contribution in [-0.4, -0.2) is 22.0 Å². The summed E-state index contributed by atoms with van der Waals surface area (Å²) in [7, 11) is 0. The molecule has 0 unspecified atom stereocenters. The van der Waals surface area contributed by atoms with Gasteiger partial charge in [-0.1, -0.05) is 66.7 Å². The highest BCUT2D eigenvalue weighted by molar-refractivity contribution is 6.35. The average Bonchev–Trinajstić information content (AvgIpc) is 3.35. The van der Waals surface area contributed by atoms with Gasteiger partial charge >= 0.3 is 0 Å². The number of hydrogen-bond donors (Lipinski definition) is 1. The second kappa shape index (κ2) is 7.03. The lowest BCUT2D eigenvalue weighted by Crippen LogP contribution is -2.29. The van der Waals surface area contributed by atoms with Crippen LogP contribution in [0.1, 0.15) is 32.0 Å². The lowest BCUT2D eigenvalue weighted by molar-refractivity contribution is 0.0926. The fourth-order valence-electron chi connectivity index (χ4n) is 4.26. The van der Waals surface area contributed by atoms with Gasteiger partial charge in [-0.15, -0.1) is 0 Å². The van der Waals surface area contributed by atoms with Crippen molar-refractivity contribution in [2.45, 2.75) is 0 Å². The Balaban J connectivity index is 1.42. The Morgan fingerprint density at radius 3 is 2.09 bits per heavy atom. The largest absolute Gasteiger partial charge is 0.277 e. The molecular weight excluding hydrogens is 398 g/mol. The van der Waals surface area contributed by atoms with E-state index in [9.17, 15) is 9.59 Å². The number of aromatic amines is 1. The molecule has 5 aromatic rings. The molecule has 6 rings (SSSR count). The van der Waals surface area contributed by atoms with Crippen molar-refractivity contribution in [2.24, 2.45) is 0 Å². The van der Waals surface area contributed by atoms with Crippen molar-refractivity contribution >= 4 is 51.3 Å². The third-order valence-electron chi connectivity index (χ3n) is 5.85. The molecule has 0 fully saturated rings. The summed E-state index contributed by atoms with van der Waals surface area (Å²) in [6, 6.07) is 26.6. The number of para-hydroxylation sites is 2. The van der Waals surface area contributed by atoms with Crippen molar-refractivity contribution in [3.05, 3.63) is 107 Å². The second-order valence-electron chi connectivity index (χ2n) is 7.74. The first-order chi connectivity index (χ1) is 15.7. The molecule has 1 aliphatic heterocycles. The summed E-state index contributed by atoms with van der Waals surface area (Å²) < 4.78 is 0. The zero-order chi connectivity index (χ0) is 21.7. The molecule has 4 aromatic carbocycles. The number of carbonyl (C=O) groups excluding carboxylic acids is 2. The number of H-pyrrole nitrogens is 1. The van der Waals surface area contributed by atoms with E-state index in [1.54, 1.807) is 18.2 Å². The van der Waals surface area contributed by atoms with E-state index in [1.807, 2.05) is 78.9 Å². The van der Waals surface area contributed by atoms with E-state index in [0.29, 0.717) is 16.8 Å². The number of benzene rings is 4. The van der Waals surface area contributed by atoms with E-state index in [2.05, 4.69) is 10.2 Å². The third-order valence-corrected chi connectivity index (χ3v) is 5.85. The second-order valence-corrected chi connectivity index (χ2v) is 7.74. The van der Waals surface area contributed by atoms with Gasteiger partial charge in [0.25, 0.3) is 11.8 Å². The molecule has 5 nitrogen and oxygen atoms in total. The number of amides is 2. The van der Waals surface area contributed by atoms with Crippen molar-refractivity contribution in [1.82, 2.24) is 10.2 Å². The molecule has 1 N–H and O–H groups in total. The minimum absolute atomic E-state index is 0.304. The van der Waals surface area contributed by atoms with Crippen LogP contribution in [0.3, 0.4) is 0 Å². The number of fused-ring (bicyclic) bond motifs is 3. The number of hydrogen-bond acceptors (Lipinski definition) is 3. The summed E-state index contributed by atoms with van der Waals surface area (Å²) in [5.74, 6) is -0.608. The molecule has 2 heterocycles. The molecule has 0 bridgehead atoms. The Morgan fingerprint density at radius 1 is 0.719 bits per heavy atom. The minimum atomic E-state index is -0.304. The molecule has 0 aliphatic carbocycles. The van der Waals surface area contributed by atoms with Gasteiger partial charge in [-0.2, -0.15) is 5.10 Å². The molecule has 0 atom stereocenters. The van der Waals surface area contributed by atoms with Gasteiger partial charge in [0, 0.05) is 5.39 Å². The van der Waals surface area contributed by atoms with Gasteiger partial charge in [-0.25, -0.2) is 4.90 Å². The molecule has 0 radical (unpaired) electrons. The first kappa shape index (κ1) is 18.3. The molecule has 5 heteroatoms. The highest BCUT2D eigenvalue weighted by Gasteiger charge is 2.37. The molecular formula is C27H17N3O2. The van der Waals surface area contributed by atoms with Crippen LogP contribution in [0.15, 0.2) is 84.9 Å². The molecule has 32 heavy (non-hydrogen) atoms. The summed E-state index contributed by atoms with van der Waals surface area (Å²) in [4.78, 5) is 27.8. The summed E-state index contributed by atoms with van der Waals surface area (Å²) in [5.41, 5.74) is 3.94. The molecule has 2 amide bonds. The van der Waals surface area contributed by atoms with E-state index >= 15 is 0 Å². The zero-order valence-electron chi connectivity index (χ0n) is 16.9. The molecule has 1 aromatic heterocycles. The first-order valence-electron chi connectivity index (χ1n) is 10.3. The predicted octanol–water partition coefficient (Wildman–Crippen LogP) is 5.69. The summed E-state index contributed by atoms with van der Waals surface area (Å²) in [5, 5.41) is 10.3. The van der Waals surface area contributed by atoms with Gasteiger partial charge in [0.15, 0.2) is 0 Å². The molecule has 0 spiro atoms. The van der Waals surface area contributed by atoms with Gasteiger partial charge < -0.3 is 0 Å².